The molecule has 0 spiro atoms. The van der Waals surface area contributed by atoms with E-state index >= 15 is 0 Å². The lowest BCUT2D eigenvalue weighted by molar-refractivity contribution is -0.119. The van der Waals surface area contributed by atoms with Gasteiger partial charge in [0.15, 0.2) is 0 Å². The summed E-state index contributed by atoms with van der Waals surface area (Å²) in [6.07, 6.45) is 1.50. The number of anilines is 1. The highest BCUT2D eigenvalue weighted by atomic mass is 35.5. The van der Waals surface area contributed by atoms with Crippen molar-refractivity contribution in [2.24, 2.45) is 5.92 Å². The number of methoxy groups -OCH3 is 1. The van der Waals surface area contributed by atoms with Gasteiger partial charge in [-0.2, -0.15) is 0 Å². The number of alkyl halides is 1. The molecule has 0 N–H and O–H groups in total. The highest BCUT2D eigenvalue weighted by molar-refractivity contribution is 6.33. The fourth-order valence-electron chi connectivity index (χ4n) is 2.98. The molecule has 2 rings (SSSR count). The minimum absolute atomic E-state index is 0.0519. The van der Waals surface area contributed by atoms with Crippen LogP contribution in [0.15, 0.2) is 30.3 Å². The average Bonchev–Trinajstić information content (AvgIpc) is 3.16. The van der Waals surface area contributed by atoms with Gasteiger partial charge in [-0.3, -0.25) is 4.79 Å². The van der Waals surface area contributed by atoms with Crippen molar-refractivity contribution in [2.45, 2.75) is 44.3 Å². The molecule has 1 amide bonds. The SMILES string of the molecule is CCC(CC(C)OC)C(Cl)C(=O)N(CC1COCO1)c1ccccc1. The normalized spacial score (nSPS) is 20.9. The van der Waals surface area contributed by atoms with E-state index < -0.39 is 5.38 Å². The molecule has 4 unspecified atom stereocenters. The van der Waals surface area contributed by atoms with Crippen LogP contribution in [0.4, 0.5) is 5.69 Å². The lowest BCUT2D eigenvalue weighted by Gasteiger charge is -2.30. The van der Waals surface area contributed by atoms with Crippen LogP contribution in [0.25, 0.3) is 0 Å². The maximum absolute atomic E-state index is 13.2. The standard InChI is InChI=1S/C19H28ClNO4/c1-4-15(10-14(2)23-3)18(20)19(22)21(11-17-12-24-13-25-17)16-8-6-5-7-9-16/h5-9,14-15,17-18H,4,10-13H2,1-3H3. The molecule has 1 heterocycles. The Hall–Kier alpha value is -1.14. The van der Waals surface area contributed by atoms with Crippen molar-refractivity contribution in [2.75, 3.05) is 32.0 Å². The molecule has 0 aliphatic carbocycles. The van der Waals surface area contributed by atoms with Crippen molar-refractivity contribution >= 4 is 23.2 Å². The van der Waals surface area contributed by atoms with Crippen LogP contribution in [-0.4, -0.2) is 50.5 Å². The summed E-state index contributed by atoms with van der Waals surface area (Å²) < 4.78 is 16.1. The van der Waals surface area contributed by atoms with Gasteiger partial charge in [0.05, 0.1) is 19.3 Å². The van der Waals surface area contributed by atoms with E-state index in [1.807, 2.05) is 37.3 Å². The molecule has 0 saturated carbocycles. The summed E-state index contributed by atoms with van der Waals surface area (Å²) in [5.74, 6) is -0.0467. The Kier molecular flexibility index (Phi) is 8.16. The Bertz CT molecular complexity index is 521. The summed E-state index contributed by atoms with van der Waals surface area (Å²) in [5, 5.41) is -0.606. The van der Waals surface area contributed by atoms with E-state index in [4.69, 9.17) is 25.8 Å². The van der Waals surface area contributed by atoms with Crippen LogP contribution in [0.2, 0.25) is 0 Å². The zero-order valence-corrected chi connectivity index (χ0v) is 15.9. The number of hydrogen-bond donors (Lipinski definition) is 0. The molecule has 6 heteroatoms. The van der Waals surface area contributed by atoms with E-state index in [0.29, 0.717) is 13.2 Å². The molecular weight excluding hydrogens is 342 g/mol. The molecule has 0 bridgehead atoms. The van der Waals surface area contributed by atoms with Crippen molar-refractivity contribution < 1.29 is 19.0 Å². The number of carbonyl (C=O) groups excluding carboxylic acids is 1. The third-order valence-corrected chi connectivity index (χ3v) is 5.17. The summed E-state index contributed by atoms with van der Waals surface area (Å²) in [7, 11) is 1.68. The van der Waals surface area contributed by atoms with Gasteiger partial charge in [-0.1, -0.05) is 31.5 Å². The summed E-state index contributed by atoms with van der Waals surface area (Å²) in [6, 6.07) is 9.57. The zero-order valence-electron chi connectivity index (χ0n) is 15.2. The molecule has 140 valence electrons. The van der Waals surface area contributed by atoms with Gasteiger partial charge >= 0.3 is 0 Å². The second kappa shape index (κ2) is 10.1. The molecular formula is C19H28ClNO4. The number of hydrogen-bond acceptors (Lipinski definition) is 4. The van der Waals surface area contributed by atoms with Crippen LogP contribution in [0, 0.1) is 5.92 Å². The second-order valence-electron chi connectivity index (χ2n) is 6.41. The number of benzene rings is 1. The highest BCUT2D eigenvalue weighted by Crippen LogP contribution is 2.26. The van der Waals surface area contributed by atoms with E-state index in [-0.39, 0.29) is 30.8 Å². The first-order valence-corrected chi connectivity index (χ1v) is 9.23. The van der Waals surface area contributed by atoms with E-state index in [9.17, 15) is 4.79 Å². The summed E-state index contributed by atoms with van der Waals surface area (Å²) in [4.78, 5) is 14.9. The van der Waals surface area contributed by atoms with Crippen LogP contribution < -0.4 is 4.90 Å². The minimum atomic E-state index is -0.606. The monoisotopic (exact) mass is 369 g/mol. The lowest BCUT2D eigenvalue weighted by Crippen LogP contribution is -2.45. The molecule has 1 saturated heterocycles. The van der Waals surface area contributed by atoms with Crippen LogP contribution >= 0.6 is 11.6 Å². The number of para-hydroxylation sites is 1. The van der Waals surface area contributed by atoms with E-state index in [1.54, 1.807) is 12.0 Å². The quantitative estimate of drug-likeness (QED) is 0.625. The first-order chi connectivity index (χ1) is 12.1. The maximum Gasteiger partial charge on any atom is 0.245 e. The van der Waals surface area contributed by atoms with Crippen molar-refractivity contribution in [1.82, 2.24) is 0 Å². The van der Waals surface area contributed by atoms with Crippen LogP contribution in [0.1, 0.15) is 26.7 Å². The molecule has 1 aliphatic heterocycles. The number of ether oxygens (including phenoxy) is 3. The van der Waals surface area contributed by atoms with Gasteiger partial charge in [0.2, 0.25) is 5.91 Å². The molecule has 5 nitrogen and oxygen atoms in total. The van der Waals surface area contributed by atoms with E-state index in [2.05, 4.69) is 6.92 Å². The van der Waals surface area contributed by atoms with Crippen molar-refractivity contribution in [3.05, 3.63) is 30.3 Å². The first kappa shape index (κ1) is 20.2. The van der Waals surface area contributed by atoms with Crippen molar-refractivity contribution in [1.29, 1.82) is 0 Å². The summed E-state index contributed by atoms with van der Waals surface area (Å²) in [6.45, 7) is 5.24. The Morgan fingerprint density at radius 1 is 1.40 bits per heavy atom. The number of halogens is 1. The van der Waals surface area contributed by atoms with Gasteiger partial charge in [0.1, 0.15) is 18.3 Å². The molecule has 0 radical (unpaired) electrons. The van der Waals surface area contributed by atoms with Gasteiger partial charge < -0.3 is 19.1 Å². The molecule has 1 aromatic rings. The smallest absolute Gasteiger partial charge is 0.245 e. The van der Waals surface area contributed by atoms with Crippen molar-refractivity contribution in [3.8, 4) is 0 Å². The highest BCUT2D eigenvalue weighted by Gasteiger charge is 2.33. The molecule has 1 aliphatic rings. The van der Waals surface area contributed by atoms with Crippen LogP contribution in [0.5, 0.6) is 0 Å². The lowest BCUT2D eigenvalue weighted by atomic mass is 9.94. The number of amides is 1. The Balaban J connectivity index is 2.15. The van der Waals surface area contributed by atoms with Gasteiger partial charge in [0.25, 0.3) is 0 Å². The predicted molar refractivity (Wildman–Crippen MR) is 99.0 cm³/mol. The molecule has 0 aromatic heterocycles. The minimum Gasteiger partial charge on any atom is -0.382 e. The third-order valence-electron chi connectivity index (χ3n) is 4.62. The Labute approximate surface area is 155 Å². The molecule has 1 fully saturated rings. The summed E-state index contributed by atoms with van der Waals surface area (Å²) >= 11 is 6.61. The first-order valence-electron chi connectivity index (χ1n) is 8.79. The third kappa shape index (κ3) is 5.68. The largest absolute Gasteiger partial charge is 0.382 e. The Morgan fingerprint density at radius 2 is 2.12 bits per heavy atom. The number of carbonyl (C=O) groups is 1. The molecule has 4 atom stereocenters. The van der Waals surface area contributed by atoms with Crippen molar-refractivity contribution in [3.63, 3.8) is 0 Å². The fraction of sp³-hybridized carbons (Fsp3) is 0.632. The maximum atomic E-state index is 13.2. The summed E-state index contributed by atoms with van der Waals surface area (Å²) in [5.41, 5.74) is 0.822. The predicted octanol–water partition coefficient (Wildman–Crippen LogP) is 3.45. The fourth-order valence-corrected chi connectivity index (χ4v) is 3.38. The molecule has 25 heavy (non-hydrogen) atoms. The average molecular weight is 370 g/mol. The van der Waals surface area contributed by atoms with Gasteiger partial charge in [0, 0.05) is 12.8 Å². The van der Waals surface area contributed by atoms with Crippen LogP contribution in [0.3, 0.4) is 0 Å². The Morgan fingerprint density at radius 3 is 2.68 bits per heavy atom. The molecule has 1 aromatic carbocycles. The van der Waals surface area contributed by atoms with Gasteiger partial charge in [-0.25, -0.2) is 0 Å². The van der Waals surface area contributed by atoms with Crippen LogP contribution in [-0.2, 0) is 19.0 Å². The zero-order chi connectivity index (χ0) is 18.2. The van der Waals surface area contributed by atoms with E-state index in [0.717, 1.165) is 18.5 Å². The second-order valence-corrected chi connectivity index (χ2v) is 6.88. The van der Waals surface area contributed by atoms with E-state index in [1.165, 1.54) is 0 Å². The topological polar surface area (TPSA) is 48.0 Å². The number of rotatable bonds is 9. The number of nitrogens with zero attached hydrogens (tertiary/aromatic N) is 1. The van der Waals surface area contributed by atoms with Gasteiger partial charge in [-0.15, -0.1) is 11.6 Å². The van der Waals surface area contributed by atoms with Gasteiger partial charge in [-0.05, 0) is 31.4 Å².